The summed E-state index contributed by atoms with van der Waals surface area (Å²) in [6, 6.07) is 0. The molecule has 0 amide bonds. The van der Waals surface area contributed by atoms with Crippen molar-refractivity contribution in [2.75, 3.05) is 13.1 Å². The van der Waals surface area contributed by atoms with E-state index >= 15 is 0 Å². The molecule has 2 heteroatoms. The van der Waals surface area contributed by atoms with Crippen LogP contribution in [-0.2, 0) is 0 Å². The summed E-state index contributed by atoms with van der Waals surface area (Å²) < 4.78 is 0. The van der Waals surface area contributed by atoms with Crippen molar-refractivity contribution < 1.29 is 0 Å². The number of unbranched alkanes of at least 4 members (excludes halogenated alkanes) is 9. The largest absolute Gasteiger partial charge is 0.356 e. The second-order valence-corrected chi connectivity index (χ2v) is 7.23. The smallest absolute Gasteiger partial charge is 0.101 e. The third-order valence-electron chi connectivity index (χ3n) is 5.05. The average Bonchev–Trinajstić information content (AvgIpc) is 2.94. The normalized spacial score (nSPS) is 17.4. The second-order valence-electron chi connectivity index (χ2n) is 7.23. The van der Waals surface area contributed by atoms with Gasteiger partial charge in [0.25, 0.3) is 0 Å². The fourth-order valence-corrected chi connectivity index (χ4v) is 3.54. The third kappa shape index (κ3) is 8.67. The molecule has 1 atom stereocenters. The third-order valence-corrected chi connectivity index (χ3v) is 5.05. The first-order chi connectivity index (χ1) is 11.3. The van der Waals surface area contributed by atoms with E-state index in [1.54, 1.807) is 0 Å². The fraction of sp³-hybridized carbons (Fsp3) is 0.905. The monoisotopic (exact) mass is 322 g/mol. The molecule has 0 bridgehead atoms. The number of rotatable bonds is 15. The lowest BCUT2D eigenvalue weighted by atomic mass is 10.1. The molecule has 0 spiro atoms. The van der Waals surface area contributed by atoms with Gasteiger partial charge in [0.15, 0.2) is 0 Å². The Morgan fingerprint density at radius 3 is 1.57 bits per heavy atom. The van der Waals surface area contributed by atoms with E-state index < -0.39 is 0 Å². The van der Waals surface area contributed by atoms with E-state index in [1.807, 2.05) is 0 Å². The van der Waals surface area contributed by atoms with Crippen LogP contribution in [0.3, 0.4) is 0 Å². The quantitative estimate of drug-likeness (QED) is 0.316. The Kier molecular flexibility index (Phi) is 12.2. The van der Waals surface area contributed by atoms with Gasteiger partial charge in [0.1, 0.15) is 6.17 Å². The molecule has 0 aromatic heterocycles. The predicted octanol–water partition coefficient (Wildman–Crippen LogP) is 6.53. The van der Waals surface area contributed by atoms with Gasteiger partial charge < -0.3 is 9.80 Å². The predicted molar refractivity (Wildman–Crippen MR) is 103 cm³/mol. The Morgan fingerprint density at radius 1 is 0.565 bits per heavy atom. The minimum absolute atomic E-state index is 0.639. The molecule has 1 aliphatic rings. The van der Waals surface area contributed by atoms with E-state index in [1.165, 1.54) is 96.6 Å². The summed E-state index contributed by atoms with van der Waals surface area (Å²) in [6.07, 6.45) is 23.3. The highest BCUT2D eigenvalue weighted by atomic mass is 15.4. The van der Waals surface area contributed by atoms with Crippen LogP contribution in [0.1, 0.15) is 104 Å². The van der Waals surface area contributed by atoms with Gasteiger partial charge in [-0.1, -0.05) is 85.0 Å². The van der Waals surface area contributed by atoms with Crippen molar-refractivity contribution in [1.82, 2.24) is 9.80 Å². The van der Waals surface area contributed by atoms with Gasteiger partial charge in [-0.05, 0) is 19.3 Å². The number of hydrogen-bond acceptors (Lipinski definition) is 2. The minimum atomic E-state index is 0.639. The standard InChI is InChI=1S/C21H42N2/c1-4-7-9-10-11-12-13-14-15-18-23-20-19-22(17-8-5-2)21(23)16-6-3/h19-21H,4-18H2,1-3H3. The van der Waals surface area contributed by atoms with Gasteiger partial charge in [-0.3, -0.25) is 0 Å². The summed E-state index contributed by atoms with van der Waals surface area (Å²) in [5.74, 6) is 0. The topological polar surface area (TPSA) is 6.48 Å². The molecule has 0 radical (unpaired) electrons. The highest BCUT2D eigenvalue weighted by molar-refractivity contribution is 4.96. The minimum Gasteiger partial charge on any atom is -0.356 e. The summed E-state index contributed by atoms with van der Waals surface area (Å²) >= 11 is 0. The van der Waals surface area contributed by atoms with E-state index in [-0.39, 0.29) is 0 Å². The zero-order valence-corrected chi connectivity index (χ0v) is 16.2. The van der Waals surface area contributed by atoms with E-state index in [2.05, 4.69) is 43.0 Å². The van der Waals surface area contributed by atoms with Crippen molar-refractivity contribution in [3.8, 4) is 0 Å². The highest BCUT2D eigenvalue weighted by Crippen LogP contribution is 2.21. The molecule has 0 saturated carbocycles. The van der Waals surface area contributed by atoms with Gasteiger partial charge in [0, 0.05) is 25.5 Å². The average molecular weight is 323 g/mol. The maximum atomic E-state index is 2.60. The molecule has 0 fully saturated rings. The molecular weight excluding hydrogens is 280 g/mol. The van der Waals surface area contributed by atoms with Crippen LogP contribution in [0.5, 0.6) is 0 Å². The lowest BCUT2D eigenvalue weighted by Crippen LogP contribution is -2.39. The molecule has 136 valence electrons. The highest BCUT2D eigenvalue weighted by Gasteiger charge is 2.24. The van der Waals surface area contributed by atoms with Gasteiger partial charge in [0.2, 0.25) is 0 Å². The van der Waals surface area contributed by atoms with Gasteiger partial charge >= 0.3 is 0 Å². The van der Waals surface area contributed by atoms with E-state index in [0.29, 0.717) is 6.17 Å². The Hall–Kier alpha value is -0.660. The maximum absolute atomic E-state index is 2.60. The zero-order chi connectivity index (χ0) is 16.8. The lowest BCUT2D eigenvalue weighted by molar-refractivity contribution is 0.138. The molecule has 0 aliphatic carbocycles. The van der Waals surface area contributed by atoms with Crippen molar-refractivity contribution >= 4 is 0 Å². The molecule has 0 aromatic rings. The molecule has 0 aromatic carbocycles. The van der Waals surface area contributed by atoms with Crippen molar-refractivity contribution in [2.45, 2.75) is 110 Å². The van der Waals surface area contributed by atoms with Gasteiger partial charge in [-0.25, -0.2) is 0 Å². The van der Waals surface area contributed by atoms with Crippen LogP contribution >= 0.6 is 0 Å². The zero-order valence-electron chi connectivity index (χ0n) is 16.2. The van der Waals surface area contributed by atoms with E-state index in [4.69, 9.17) is 0 Å². The Morgan fingerprint density at radius 2 is 1.04 bits per heavy atom. The first-order valence-corrected chi connectivity index (χ1v) is 10.5. The Balaban J connectivity index is 2.10. The molecule has 23 heavy (non-hydrogen) atoms. The van der Waals surface area contributed by atoms with E-state index in [9.17, 15) is 0 Å². The second kappa shape index (κ2) is 13.7. The Labute approximate surface area is 146 Å². The number of hydrogen-bond donors (Lipinski definition) is 0. The van der Waals surface area contributed by atoms with Crippen LogP contribution in [0.15, 0.2) is 12.4 Å². The summed E-state index contributed by atoms with van der Waals surface area (Å²) in [4.78, 5) is 5.17. The summed E-state index contributed by atoms with van der Waals surface area (Å²) in [5, 5.41) is 0. The molecule has 1 aliphatic heterocycles. The first-order valence-electron chi connectivity index (χ1n) is 10.5. The molecule has 2 nitrogen and oxygen atoms in total. The van der Waals surface area contributed by atoms with Crippen molar-refractivity contribution in [1.29, 1.82) is 0 Å². The SMILES string of the molecule is CCCCCCCCCCCN1C=CN(CCCC)C1CCC. The van der Waals surface area contributed by atoms with Crippen LogP contribution in [0.2, 0.25) is 0 Å². The summed E-state index contributed by atoms with van der Waals surface area (Å²) in [6.45, 7) is 9.37. The van der Waals surface area contributed by atoms with Crippen molar-refractivity contribution in [3.63, 3.8) is 0 Å². The van der Waals surface area contributed by atoms with Crippen LogP contribution in [-0.4, -0.2) is 29.1 Å². The van der Waals surface area contributed by atoms with Gasteiger partial charge in [-0.2, -0.15) is 0 Å². The van der Waals surface area contributed by atoms with Crippen LogP contribution in [0, 0.1) is 0 Å². The van der Waals surface area contributed by atoms with E-state index in [0.717, 1.165) is 0 Å². The van der Waals surface area contributed by atoms with Crippen LogP contribution < -0.4 is 0 Å². The van der Waals surface area contributed by atoms with Crippen LogP contribution in [0.25, 0.3) is 0 Å². The van der Waals surface area contributed by atoms with Crippen molar-refractivity contribution in [2.24, 2.45) is 0 Å². The van der Waals surface area contributed by atoms with Gasteiger partial charge in [0.05, 0.1) is 0 Å². The maximum Gasteiger partial charge on any atom is 0.101 e. The molecule has 1 rings (SSSR count). The molecule has 0 saturated heterocycles. The summed E-state index contributed by atoms with van der Waals surface area (Å²) in [7, 11) is 0. The van der Waals surface area contributed by atoms with Gasteiger partial charge in [-0.15, -0.1) is 0 Å². The molecule has 1 unspecified atom stereocenters. The first kappa shape index (κ1) is 20.4. The summed E-state index contributed by atoms with van der Waals surface area (Å²) in [5.41, 5.74) is 0. The van der Waals surface area contributed by atoms with Crippen LogP contribution in [0.4, 0.5) is 0 Å². The Bertz CT molecular complexity index is 288. The lowest BCUT2D eigenvalue weighted by Gasteiger charge is -2.32. The molecule has 1 heterocycles. The fourth-order valence-electron chi connectivity index (χ4n) is 3.54. The van der Waals surface area contributed by atoms with Crippen molar-refractivity contribution in [3.05, 3.63) is 12.4 Å². The number of nitrogens with zero attached hydrogens (tertiary/aromatic N) is 2. The molecular formula is C21H42N2. The molecule has 0 N–H and O–H groups in total.